The van der Waals surface area contributed by atoms with E-state index in [4.69, 9.17) is 0 Å². The Bertz CT molecular complexity index is 859. The molecule has 8 heteroatoms. The van der Waals surface area contributed by atoms with Crippen molar-refractivity contribution >= 4 is 21.9 Å². The van der Waals surface area contributed by atoms with Crippen molar-refractivity contribution in [1.29, 1.82) is 0 Å². The van der Waals surface area contributed by atoms with E-state index in [1.54, 1.807) is 16.3 Å². The maximum atomic E-state index is 13.0. The number of carbonyl (C=O) groups excluding carboxylic acids is 1. The molecule has 0 bridgehead atoms. The van der Waals surface area contributed by atoms with E-state index < -0.39 is 10.2 Å². The molecule has 1 aromatic rings. The topological polar surface area (TPSA) is 73.0 Å². The molecular weight excluding hydrogens is 400 g/mol. The molecule has 3 aliphatic rings. The first-order chi connectivity index (χ1) is 14.5. The molecule has 0 unspecified atom stereocenters. The van der Waals surface area contributed by atoms with E-state index in [0.29, 0.717) is 26.2 Å². The molecule has 166 valence electrons. The first-order valence-electron chi connectivity index (χ1n) is 11.4. The second-order valence-electron chi connectivity index (χ2n) is 8.78. The van der Waals surface area contributed by atoms with Gasteiger partial charge in [0.1, 0.15) is 0 Å². The average molecular weight is 435 g/mol. The van der Waals surface area contributed by atoms with Gasteiger partial charge in [0.15, 0.2) is 0 Å². The zero-order valence-electron chi connectivity index (χ0n) is 18.0. The maximum Gasteiger partial charge on any atom is 0.321 e. The Morgan fingerprint density at radius 1 is 1.00 bits per heavy atom. The van der Waals surface area contributed by atoms with Gasteiger partial charge in [-0.25, -0.2) is 4.79 Å². The molecule has 1 aromatic carbocycles. The Hall–Kier alpha value is -1.64. The number of nitrogens with one attached hydrogen (secondary N) is 1. The summed E-state index contributed by atoms with van der Waals surface area (Å²) >= 11 is 0. The van der Waals surface area contributed by atoms with Crippen molar-refractivity contribution in [1.82, 2.24) is 13.5 Å². The van der Waals surface area contributed by atoms with Crippen LogP contribution in [0.1, 0.15) is 56.1 Å². The number of hydrogen-bond donors (Lipinski definition) is 1. The van der Waals surface area contributed by atoms with E-state index in [0.717, 1.165) is 50.6 Å². The van der Waals surface area contributed by atoms with Gasteiger partial charge in [0.05, 0.1) is 0 Å². The molecule has 4 rings (SSSR count). The van der Waals surface area contributed by atoms with Gasteiger partial charge >= 0.3 is 6.03 Å². The van der Waals surface area contributed by atoms with Crippen LogP contribution in [0.15, 0.2) is 18.2 Å². The Balaban J connectivity index is 1.34. The number of carbonyl (C=O) groups is 1. The molecule has 30 heavy (non-hydrogen) atoms. The number of hydrogen-bond acceptors (Lipinski definition) is 3. The number of urea groups is 1. The third kappa shape index (κ3) is 4.50. The molecule has 2 amide bonds. The predicted molar refractivity (Wildman–Crippen MR) is 119 cm³/mol. The number of anilines is 1. The van der Waals surface area contributed by atoms with Gasteiger partial charge < -0.3 is 10.2 Å². The summed E-state index contributed by atoms with van der Waals surface area (Å²) in [7, 11) is -1.76. The molecule has 0 spiro atoms. The highest BCUT2D eigenvalue weighted by Crippen LogP contribution is 2.28. The number of rotatable bonds is 4. The fourth-order valence-electron chi connectivity index (χ4n) is 5.03. The molecule has 0 aromatic heterocycles. The Labute approximate surface area is 180 Å². The minimum Gasteiger partial charge on any atom is -0.322 e. The summed E-state index contributed by atoms with van der Waals surface area (Å²) in [4.78, 5) is 14.6. The molecule has 7 nitrogen and oxygen atoms in total. The highest BCUT2D eigenvalue weighted by atomic mass is 32.2. The quantitative estimate of drug-likeness (QED) is 0.791. The Kier molecular flexibility index (Phi) is 6.65. The lowest BCUT2D eigenvalue weighted by Crippen LogP contribution is -2.55. The summed E-state index contributed by atoms with van der Waals surface area (Å²) in [5.74, 6) is 0. The Morgan fingerprint density at radius 2 is 1.70 bits per heavy atom. The van der Waals surface area contributed by atoms with Crippen molar-refractivity contribution in [3.63, 3.8) is 0 Å². The summed E-state index contributed by atoms with van der Waals surface area (Å²) in [5.41, 5.74) is 3.50. The molecule has 1 N–H and O–H groups in total. The zero-order valence-corrected chi connectivity index (χ0v) is 18.8. The monoisotopic (exact) mass is 434 g/mol. The van der Waals surface area contributed by atoms with Crippen LogP contribution in [-0.4, -0.2) is 67.2 Å². The second-order valence-corrected chi connectivity index (χ2v) is 10.8. The van der Waals surface area contributed by atoms with Crippen LogP contribution in [0.25, 0.3) is 0 Å². The summed E-state index contributed by atoms with van der Waals surface area (Å²) in [6.07, 6.45) is 9.72. The number of piperazine rings is 1. The van der Waals surface area contributed by atoms with Crippen LogP contribution >= 0.6 is 0 Å². The number of benzene rings is 1. The highest BCUT2D eigenvalue weighted by Gasteiger charge is 2.35. The molecule has 2 aliphatic carbocycles. The van der Waals surface area contributed by atoms with Crippen LogP contribution in [0.2, 0.25) is 0 Å². The van der Waals surface area contributed by atoms with Crippen LogP contribution in [0.4, 0.5) is 10.5 Å². The van der Waals surface area contributed by atoms with E-state index in [-0.39, 0.29) is 12.1 Å². The minimum absolute atomic E-state index is 0.106. The van der Waals surface area contributed by atoms with E-state index in [1.807, 2.05) is 12.1 Å². The lowest BCUT2D eigenvalue weighted by molar-refractivity contribution is 0.177. The molecule has 2 fully saturated rings. The van der Waals surface area contributed by atoms with E-state index >= 15 is 0 Å². The van der Waals surface area contributed by atoms with Gasteiger partial charge in [0, 0.05) is 45.0 Å². The van der Waals surface area contributed by atoms with Gasteiger partial charge in [-0.1, -0.05) is 31.4 Å². The van der Waals surface area contributed by atoms with Crippen LogP contribution in [0, 0.1) is 0 Å². The lowest BCUT2D eigenvalue weighted by atomic mass is 9.90. The van der Waals surface area contributed by atoms with Crippen LogP contribution in [0.5, 0.6) is 0 Å². The van der Waals surface area contributed by atoms with E-state index in [9.17, 15) is 13.2 Å². The van der Waals surface area contributed by atoms with Crippen molar-refractivity contribution in [2.45, 2.75) is 63.8 Å². The van der Waals surface area contributed by atoms with Crippen LogP contribution < -0.4 is 5.32 Å². The molecule has 1 saturated carbocycles. The highest BCUT2D eigenvalue weighted by molar-refractivity contribution is 7.86. The average Bonchev–Trinajstić information content (AvgIpc) is 2.79. The summed E-state index contributed by atoms with van der Waals surface area (Å²) in [6.45, 7) is 1.52. The Morgan fingerprint density at radius 3 is 2.43 bits per heavy atom. The molecule has 1 saturated heterocycles. The van der Waals surface area contributed by atoms with Crippen LogP contribution in [-0.2, 0) is 23.1 Å². The molecule has 0 atom stereocenters. The summed E-state index contributed by atoms with van der Waals surface area (Å²) in [5, 5.41) is 3.08. The second kappa shape index (κ2) is 9.24. The standard InChI is InChI=1S/C22H34N4O3S/c1-24(19-10-3-2-4-11-19)30(28,29)26-16-14-25(15-17-26)22(27)23-21-13-7-9-18-8-5-6-12-20(18)21/h7,9,13,19H,2-6,8,10-12,14-17H2,1H3,(H,23,27). The fourth-order valence-corrected chi connectivity index (χ4v) is 6.61. The fraction of sp³-hybridized carbons (Fsp3) is 0.682. The van der Waals surface area contributed by atoms with Crippen molar-refractivity contribution in [2.24, 2.45) is 0 Å². The van der Waals surface area contributed by atoms with Crippen LogP contribution in [0.3, 0.4) is 0 Å². The maximum absolute atomic E-state index is 13.0. The first-order valence-corrected chi connectivity index (χ1v) is 12.8. The minimum atomic E-state index is -3.47. The van der Waals surface area contributed by atoms with Crippen molar-refractivity contribution in [2.75, 3.05) is 38.5 Å². The smallest absolute Gasteiger partial charge is 0.321 e. The van der Waals surface area contributed by atoms with E-state index in [2.05, 4.69) is 11.4 Å². The van der Waals surface area contributed by atoms with Crippen molar-refractivity contribution in [3.05, 3.63) is 29.3 Å². The van der Waals surface area contributed by atoms with Gasteiger partial charge in [-0.3, -0.25) is 0 Å². The third-order valence-corrected chi connectivity index (χ3v) is 8.99. The van der Waals surface area contributed by atoms with Gasteiger partial charge in [0.25, 0.3) is 10.2 Å². The molecular formula is C22H34N4O3S. The van der Waals surface area contributed by atoms with Crippen molar-refractivity contribution < 1.29 is 13.2 Å². The van der Waals surface area contributed by atoms with Gasteiger partial charge in [0.2, 0.25) is 0 Å². The SMILES string of the molecule is CN(C1CCCCC1)S(=O)(=O)N1CCN(C(=O)Nc2cccc3c2CCCC3)CC1. The first kappa shape index (κ1) is 21.6. The molecule has 1 aliphatic heterocycles. The third-order valence-electron chi connectivity index (χ3n) is 6.94. The van der Waals surface area contributed by atoms with E-state index in [1.165, 1.54) is 28.3 Å². The van der Waals surface area contributed by atoms with Crippen molar-refractivity contribution in [3.8, 4) is 0 Å². The number of nitrogens with zero attached hydrogens (tertiary/aromatic N) is 3. The lowest BCUT2D eigenvalue weighted by Gasteiger charge is -2.38. The number of amides is 2. The summed E-state index contributed by atoms with van der Waals surface area (Å²) in [6, 6.07) is 6.10. The summed E-state index contributed by atoms with van der Waals surface area (Å²) < 4.78 is 29.2. The number of fused-ring (bicyclic) bond motifs is 1. The van der Waals surface area contributed by atoms with Gasteiger partial charge in [-0.2, -0.15) is 17.0 Å². The molecule has 0 radical (unpaired) electrons. The number of aryl methyl sites for hydroxylation is 1. The zero-order chi connectivity index (χ0) is 21.1. The largest absolute Gasteiger partial charge is 0.322 e. The normalized spacial score (nSPS) is 21.5. The molecule has 1 heterocycles. The van der Waals surface area contributed by atoms with Gasteiger partial charge in [-0.05, 0) is 55.7 Å². The van der Waals surface area contributed by atoms with Gasteiger partial charge in [-0.15, -0.1) is 0 Å². The predicted octanol–water partition coefficient (Wildman–Crippen LogP) is 3.22.